The first-order valence-electron chi connectivity index (χ1n) is 8.71. The van der Waals surface area contributed by atoms with E-state index in [0.717, 1.165) is 25.7 Å². The van der Waals surface area contributed by atoms with Crippen LogP contribution in [0, 0.1) is 16.0 Å². The molecule has 1 aromatic rings. The Labute approximate surface area is 169 Å². The van der Waals surface area contributed by atoms with Crippen molar-refractivity contribution in [1.82, 2.24) is 0 Å². The third-order valence-corrected chi connectivity index (χ3v) is 6.69. The van der Waals surface area contributed by atoms with Gasteiger partial charge >= 0.3 is 5.97 Å². The quantitative estimate of drug-likeness (QED) is 0.302. The SMILES string of the molecule is CCOC(=O)C1=C(N=Cc2cc([N+](=O)[O-])cc(Br)c2O)SC2CCCCC12. The second-order valence-electron chi connectivity index (χ2n) is 6.37. The van der Waals surface area contributed by atoms with Gasteiger partial charge in [0.2, 0.25) is 0 Å². The summed E-state index contributed by atoms with van der Waals surface area (Å²) in [5, 5.41) is 22.1. The van der Waals surface area contributed by atoms with Crippen molar-refractivity contribution >= 4 is 45.6 Å². The van der Waals surface area contributed by atoms with Crippen LogP contribution < -0.4 is 0 Å². The van der Waals surface area contributed by atoms with E-state index in [0.29, 0.717) is 22.5 Å². The number of hydrogen-bond donors (Lipinski definition) is 1. The van der Waals surface area contributed by atoms with Crippen LogP contribution in [0.4, 0.5) is 5.69 Å². The Hall–Kier alpha value is -1.87. The lowest BCUT2D eigenvalue weighted by molar-refractivity contribution is -0.385. The maximum Gasteiger partial charge on any atom is 0.337 e. The summed E-state index contributed by atoms with van der Waals surface area (Å²) in [6, 6.07) is 2.48. The van der Waals surface area contributed by atoms with Crippen LogP contribution in [0.3, 0.4) is 0 Å². The van der Waals surface area contributed by atoms with E-state index in [-0.39, 0.29) is 33.4 Å². The molecule has 2 aliphatic rings. The van der Waals surface area contributed by atoms with E-state index in [9.17, 15) is 20.0 Å². The minimum absolute atomic E-state index is 0.125. The molecule has 1 saturated carbocycles. The van der Waals surface area contributed by atoms with Gasteiger partial charge in [-0.2, -0.15) is 0 Å². The standard InChI is InChI=1S/C18H19BrN2O5S/c1-2-26-18(23)15-12-5-3-4-6-14(12)27-17(15)20-9-10-7-11(21(24)25)8-13(19)16(10)22/h7-9,12,14,22H,2-6H2,1H3. The summed E-state index contributed by atoms with van der Waals surface area (Å²) in [4.78, 5) is 27.4. The number of non-ortho nitro benzene ring substituents is 1. The summed E-state index contributed by atoms with van der Waals surface area (Å²) < 4.78 is 5.43. The number of hydrogen-bond acceptors (Lipinski definition) is 7. The van der Waals surface area contributed by atoms with Gasteiger partial charge in [-0.1, -0.05) is 12.8 Å². The highest BCUT2D eigenvalue weighted by Gasteiger charge is 2.41. The number of thioether (sulfide) groups is 1. The molecule has 0 radical (unpaired) electrons. The van der Waals surface area contributed by atoms with Crippen LogP contribution in [0.25, 0.3) is 0 Å². The lowest BCUT2D eigenvalue weighted by atomic mass is 9.84. The van der Waals surface area contributed by atoms with E-state index in [2.05, 4.69) is 20.9 Å². The summed E-state index contributed by atoms with van der Waals surface area (Å²) in [5.41, 5.74) is 0.641. The number of rotatable bonds is 5. The van der Waals surface area contributed by atoms with Crippen molar-refractivity contribution in [3.63, 3.8) is 0 Å². The van der Waals surface area contributed by atoms with Gasteiger partial charge in [-0.15, -0.1) is 11.8 Å². The molecule has 0 amide bonds. The molecule has 2 unspecified atom stereocenters. The summed E-state index contributed by atoms with van der Waals surface area (Å²) in [6.07, 6.45) is 5.51. The van der Waals surface area contributed by atoms with Gasteiger partial charge in [0.25, 0.3) is 5.69 Å². The molecule has 3 rings (SSSR count). The van der Waals surface area contributed by atoms with Crippen LogP contribution >= 0.6 is 27.7 Å². The Morgan fingerprint density at radius 3 is 2.93 bits per heavy atom. The fraction of sp³-hybridized carbons (Fsp3) is 0.444. The lowest BCUT2D eigenvalue weighted by Gasteiger charge is -2.25. The Kier molecular flexibility index (Phi) is 6.21. The molecule has 0 aromatic heterocycles. The minimum Gasteiger partial charge on any atom is -0.506 e. The number of nitro benzene ring substituents is 1. The van der Waals surface area contributed by atoms with Crippen LogP contribution in [0.15, 0.2) is 32.2 Å². The van der Waals surface area contributed by atoms with Gasteiger partial charge in [0.15, 0.2) is 0 Å². The molecule has 1 fully saturated rings. The first-order valence-corrected chi connectivity index (χ1v) is 10.4. The van der Waals surface area contributed by atoms with Crippen LogP contribution in [-0.2, 0) is 9.53 Å². The highest BCUT2D eigenvalue weighted by Crippen LogP contribution is 2.49. The Balaban J connectivity index is 1.97. The first kappa shape index (κ1) is 19.9. The maximum absolute atomic E-state index is 12.5. The molecule has 1 aliphatic carbocycles. The Morgan fingerprint density at radius 1 is 1.48 bits per heavy atom. The zero-order chi connectivity index (χ0) is 19.6. The molecule has 7 nitrogen and oxygen atoms in total. The second kappa shape index (κ2) is 8.43. The van der Waals surface area contributed by atoms with Gasteiger partial charge in [-0.3, -0.25) is 10.1 Å². The van der Waals surface area contributed by atoms with Gasteiger partial charge in [0.05, 0.1) is 21.6 Å². The molecule has 0 spiro atoms. The van der Waals surface area contributed by atoms with Crippen molar-refractivity contribution in [1.29, 1.82) is 0 Å². The molecule has 0 bridgehead atoms. The predicted octanol–water partition coefficient (Wildman–Crippen LogP) is 4.56. The van der Waals surface area contributed by atoms with Crippen molar-refractivity contribution in [2.75, 3.05) is 6.61 Å². The van der Waals surface area contributed by atoms with Crippen molar-refractivity contribution in [2.45, 2.75) is 37.9 Å². The molecule has 1 heterocycles. The first-order chi connectivity index (χ1) is 12.9. The highest BCUT2D eigenvalue weighted by molar-refractivity contribution is 9.10. The van der Waals surface area contributed by atoms with Crippen molar-refractivity contribution < 1.29 is 19.6 Å². The average Bonchev–Trinajstić information content (AvgIpc) is 3.01. The number of fused-ring (bicyclic) bond motifs is 1. The van der Waals surface area contributed by atoms with E-state index < -0.39 is 4.92 Å². The largest absolute Gasteiger partial charge is 0.506 e. The van der Waals surface area contributed by atoms with Crippen molar-refractivity contribution in [2.24, 2.45) is 10.9 Å². The second-order valence-corrected chi connectivity index (χ2v) is 8.45. The van der Waals surface area contributed by atoms with E-state index in [1.165, 1.54) is 18.3 Å². The molecule has 0 saturated heterocycles. The van der Waals surface area contributed by atoms with Crippen LogP contribution in [0.5, 0.6) is 5.75 Å². The summed E-state index contributed by atoms with van der Waals surface area (Å²) in [5.74, 6) is -0.362. The fourth-order valence-corrected chi connectivity index (χ4v) is 5.36. The zero-order valence-electron chi connectivity index (χ0n) is 14.7. The number of phenols is 1. The average molecular weight is 455 g/mol. The van der Waals surface area contributed by atoms with Gasteiger partial charge in [0.1, 0.15) is 10.8 Å². The number of esters is 1. The summed E-state index contributed by atoms with van der Waals surface area (Å²) >= 11 is 4.67. The monoisotopic (exact) mass is 454 g/mol. The Bertz CT molecular complexity index is 839. The molecule has 1 aromatic carbocycles. The van der Waals surface area contributed by atoms with Gasteiger partial charge in [0, 0.05) is 35.1 Å². The number of nitro groups is 1. The number of nitrogens with zero attached hydrogens (tertiary/aromatic N) is 2. The van der Waals surface area contributed by atoms with Crippen LogP contribution in [0.1, 0.15) is 38.2 Å². The Morgan fingerprint density at radius 2 is 2.22 bits per heavy atom. The number of aliphatic imine (C=N–C) groups is 1. The molecule has 2 atom stereocenters. The molecule has 144 valence electrons. The number of carbonyl (C=O) groups excluding carboxylic acids is 1. The molecule has 27 heavy (non-hydrogen) atoms. The van der Waals surface area contributed by atoms with Crippen LogP contribution in [-0.4, -0.2) is 34.1 Å². The number of aromatic hydroxyl groups is 1. The van der Waals surface area contributed by atoms with Gasteiger partial charge in [-0.25, -0.2) is 9.79 Å². The van der Waals surface area contributed by atoms with E-state index in [1.54, 1.807) is 18.7 Å². The molecular formula is C18H19BrN2O5S. The lowest BCUT2D eigenvalue weighted by Crippen LogP contribution is -2.24. The number of halogens is 1. The van der Waals surface area contributed by atoms with E-state index in [1.807, 2.05) is 0 Å². The highest BCUT2D eigenvalue weighted by atomic mass is 79.9. The van der Waals surface area contributed by atoms with Crippen molar-refractivity contribution in [3.05, 3.63) is 42.9 Å². The van der Waals surface area contributed by atoms with E-state index >= 15 is 0 Å². The normalized spacial score (nSPS) is 22.1. The summed E-state index contributed by atoms with van der Waals surface area (Å²) in [6.45, 7) is 2.06. The third kappa shape index (κ3) is 4.19. The predicted molar refractivity (Wildman–Crippen MR) is 107 cm³/mol. The van der Waals surface area contributed by atoms with Crippen LogP contribution in [0.2, 0.25) is 0 Å². The fourth-order valence-electron chi connectivity index (χ4n) is 3.42. The molecular weight excluding hydrogens is 436 g/mol. The molecule has 1 aliphatic heterocycles. The molecule has 9 heteroatoms. The topological polar surface area (TPSA) is 102 Å². The molecule has 1 N–H and O–H groups in total. The van der Waals surface area contributed by atoms with Gasteiger partial charge in [-0.05, 0) is 35.7 Å². The maximum atomic E-state index is 12.5. The van der Waals surface area contributed by atoms with Gasteiger partial charge < -0.3 is 9.84 Å². The number of phenolic OH excluding ortho intramolecular Hbond substituents is 1. The smallest absolute Gasteiger partial charge is 0.337 e. The van der Waals surface area contributed by atoms with Crippen molar-refractivity contribution in [3.8, 4) is 5.75 Å². The third-order valence-electron chi connectivity index (χ3n) is 4.67. The number of ether oxygens (including phenoxy) is 1. The number of benzene rings is 1. The summed E-state index contributed by atoms with van der Waals surface area (Å²) in [7, 11) is 0. The zero-order valence-corrected chi connectivity index (χ0v) is 17.1. The van der Waals surface area contributed by atoms with E-state index in [4.69, 9.17) is 4.74 Å². The minimum atomic E-state index is -0.538. The number of carbonyl (C=O) groups is 1.